The molecule has 0 aliphatic rings. The number of rotatable bonds is 11. The van der Waals surface area contributed by atoms with Gasteiger partial charge in [-0.3, -0.25) is 9.69 Å². The fourth-order valence-electron chi connectivity index (χ4n) is 4.79. The van der Waals surface area contributed by atoms with E-state index in [-0.39, 0.29) is 5.56 Å². The van der Waals surface area contributed by atoms with E-state index in [9.17, 15) is 4.79 Å². The summed E-state index contributed by atoms with van der Waals surface area (Å²) in [6, 6.07) is 25.1. The number of nitrogens with zero attached hydrogens (tertiary/aromatic N) is 5. The molecule has 0 amide bonds. The Balaban J connectivity index is 1.61. The van der Waals surface area contributed by atoms with E-state index >= 15 is 0 Å². The number of tetrazole rings is 1. The second-order valence-corrected chi connectivity index (χ2v) is 9.23. The first-order chi connectivity index (χ1) is 19.1. The quantitative estimate of drug-likeness (QED) is 0.270. The lowest BCUT2D eigenvalue weighted by Gasteiger charge is -2.30. The number of aromatic amines is 1. The van der Waals surface area contributed by atoms with Gasteiger partial charge in [-0.25, -0.2) is 4.68 Å². The highest BCUT2D eigenvalue weighted by Crippen LogP contribution is 2.29. The number of hydrogen-bond donors (Lipinski definition) is 1. The average molecular weight is 525 g/mol. The average Bonchev–Trinajstić information content (AvgIpc) is 3.41. The Hall–Kier alpha value is -4.50. The van der Waals surface area contributed by atoms with E-state index < -0.39 is 6.04 Å². The Morgan fingerprint density at radius 1 is 0.949 bits per heavy atom. The van der Waals surface area contributed by atoms with Gasteiger partial charge in [-0.05, 0) is 71.4 Å². The van der Waals surface area contributed by atoms with Crippen LogP contribution in [0, 0.1) is 0 Å². The van der Waals surface area contributed by atoms with Crippen LogP contribution in [-0.2, 0) is 13.1 Å². The van der Waals surface area contributed by atoms with Crippen molar-refractivity contribution >= 4 is 10.9 Å². The van der Waals surface area contributed by atoms with Crippen molar-refractivity contribution in [1.82, 2.24) is 30.1 Å². The molecule has 3 aromatic carbocycles. The van der Waals surface area contributed by atoms with Crippen LogP contribution in [0.2, 0.25) is 0 Å². The first-order valence-electron chi connectivity index (χ1n) is 13.1. The van der Waals surface area contributed by atoms with Crippen molar-refractivity contribution in [1.29, 1.82) is 0 Å². The van der Waals surface area contributed by atoms with Crippen molar-refractivity contribution in [3.05, 3.63) is 112 Å². The summed E-state index contributed by atoms with van der Waals surface area (Å²) in [4.78, 5) is 18.9. The Bertz CT molecular complexity index is 1580. The minimum Gasteiger partial charge on any atom is -0.497 e. The monoisotopic (exact) mass is 524 g/mol. The minimum absolute atomic E-state index is 0.179. The number of fused-ring (bicyclic) bond motifs is 1. The topological polar surface area (TPSA) is 98.2 Å². The lowest BCUT2D eigenvalue weighted by molar-refractivity contribution is 0.214. The molecule has 1 N–H and O–H groups in total. The van der Waals surface area contributed by atoms with Gasteiger partial charge in [0, 0.05) is 23.0 Å². The Kier molecular flexibility index (Phi) is 7.98. The Morgan fingerprint density at radius 3 is 2.44 bits per heavy atom. The van der Waals surface area contributed by atoms with Crippen LogP contribution in [0.1, 0.15) is 42.4 Å². The van der Waals surface area contributed by atoms with Gasteiger partial charge in [-0.15, -0.1) is 5.10 Å². The third-order valence-electron chi connectivity index (χ3n) is 6.75. The van der Waals surface area contributed by atoms with E-state index in [4.69, 9.17) is 9.47 Å². The summed E-state index contributed by atoms with van der Waals surface area (Å²) >= 11 is 0. The smallest absolute Gasteiger partial charge is 0.253 e. The second-order valence-electron chi connectivity index (χ2n) is 9.23. The highest BCUT2D eigenvalue weighted by Gasteiger charge is 2.30. The summed E-state index contributed by atoms with van der Waals surface area (Å²) in [5, 5.41) is 13.7. The van der Waals surface area contributed by atoms with E-state index in [1.807, 2.05) is 73.7 Å². The second kappa shape index (κ2) is 11.9. The van der Waals surface area contributed by atoms with E-state index in [0.717, 1.165) is 33.5 Å². The molecule has 2 heterocycles. The fourth-order valence-corrected chi connectivity index (χ4v) is 4.79. The summed E-state index contributed by atoms with van der Waals surface area (Å²) in [6.45, 7) is 6.33. The van der Waals surface area contributed by atoms with Crippen LogP contribution < -0.4 is 15.0 Å². The number of nitrogens with one attached hydrogen (secondary N) is 1. The lowest BCUT2D eigenvalue weighted by Crippen LogP contribution is -2.35. The number of pyridine rings is 1. The van der Waals surface area contributed by atoms with E-state index in [2.05, 4.69) is 44.5 Å². The first kappa shape index (κ1) is 26.1. The standard InChI is InChI=1S/C30H32N6O3/c1-4-35(19-21-9-7-6-8-10-21)28(26-18-23-17-25(39-5-2)15-16-27(23)31-30(26)37)29-32-33-34-36(29)20-22-11-13-24(38-3)14-12-22/h6-18,28H,4-5,19-20H2,1-3H3,(H,31,37)/t28-/m0/s1. The molecule has 1 atom stereocenters. The number of H-pyrrole nitrogens is 1. The summed E-state index contributed by atoms with van der Waals surface area (Å²) in [7, 11) is 1.64. The largest absolute Gasteiger partial charge is 0.497 e. The van der Waals surface area contributed by atoms with Gasteiger partial charge in [-0.2, -0.15) is 0 Å². The van der Waals surface area contributed by atoms with Crippen LogP contribution in [0.5, 0.6) is 11.5 Å². The molecule has 0 bridgehead atoms. The van der Waals surface area contributed by atoms with Gasteiger partial charge in [0.1, 0.15) is 17.5 Å². The van der Waals surface area contributed by atoms with Crippen molar-refractivity contribution in [2.45, 2.75) is 33.0 Å². The zero-order chi connectivity index (χ0) is 27.2. The number of aromatic nitrogens is 5. The first-order valence-corrected chi connectivity index (χ1v) is 13.1. The number of hydrogen-bond acceptors (Lipinski definition) is 7. The molecule has 9 heteroatoms. The zero-order valence-corrected chi connectivity index (χ0v) is 22.4. The van der Waals surface area contributed by atoms with E-state index in [0.29, 0.717) is 37.6 Å². The third kappa shape index (κ3) is 5.83. The predicted molar refractivity (Wildman–Crippen MR) is 150 cm³/mol. The number of methoxy groups -OCH3 is 1. The van der Waals surface area contributed by atoms with Crippen LogP contribution in [0.4, 0.5) is 0 Å². The van der Waals surface area contributed by atoms with Gasteiger partial charge < -0.3 is 14.5 Å². The molecular weight excluding hydrogens is 492 g/mol. The third-order valence-corrected chi connectivity index (χ3v) is 6.75. The van der Waals surface area contributed by atoms with Crippen molar-refractivity contribution in [3.63, 3.8) is 0 Å². The molecule has 2 aromatic heterocycles. The molecule has 0 saturated carbocycles. The van der Waals surface area contributed by atoms with Crippen LogP contribution in [-0.4, -0.2) is 50.4 Å². The number of ether oxygens (including phenoxy) is 2. The summed E-state index contributed by atoms with van der Waals surface area (Å²) < 4.78 is 12.8. The molecule has 9 nitrogen and oxygen atoms in total. The van der Waals surface area contributed by atoms with E-state index in [1.54, 1.807) is 11.8 Å². The molecule has 0 radical (unpaired) electrons. The van der Waals surface area contributed by atoms with Gasteiger partial charge in [0.2, 0.25) is 0 Å². The molecule has 200 valence electrons. The molecule has 0 aliphatic carbocycles. The SMILES string of the molecule is CCOc1ccc2[nH]c(=O)c([C@@H](c3nnnn3Cc3ccc(OC)cc3)N(CC)Cc3ccccc3)cc2c1. The molecule has 0 fully saturated rings. The molecule has 0 saturated heterocycles. The van der Waals surface area contributed by atoms with E-state index in [1.165, 1.54) is 0 Å². The Labute approximate surface area is 227 Å². The maximum absolute atomic E-state index is 13.6. The van der Waals surface area contributed by atoms with Gasteiger partial charge in [0.05, 0.1) is 20.3 Å². The zero-order valence-electron chi connectivity index (χ0n) is 22.4. The van der Waals surface area contributed by atoms with Crippen LogP contribution in [0.15, 0.2) is 83.7 Å². The molecule has 0 spiro atoms. The lowest BCUT2D eigenvalue weighted by atomic mass is 10.0. The van der Waals surface area contributed by atoms with Crippen LogP contribution in [0.3, 0.4) is 0 Å². The number of benzene rings is 3. The molecule has 0 aliphatic heterocycles. The molecule has 5 aromatic rings. The van der Waals surface area contributed by atoms with Gasteiger partial charge >= 0.3 is 0 Å². The summed E-state index contributed by atoms with van der Waals surface area (Å²) in [5.74, 6) is 2.12. The van der Waals surface area contributed by atoms with Crippen molar-refractivity contribution in [2.24, 2.45) is 0 Å². The molecule has 0 unspecified atom stereocenters. The van der Waals surface area contributed by atoms with Crippen LogP contribution >= 0.6 is 0 Å². The highest BCUT2D eigenvalue weighted by molar-refractivity contribution is 5.80. The van der Waals surface area contributed by atoms with Crippen LogP contribution in [0.25, 0.3) is 10.9 Å². The maximum atomic E-state index is 13.6. The molecule has 5 rings (SSSR count). The van der Waals surface area contributed by atoms with Gasteiger partial charge in [0.15, 0.2) is 5.82 Å². The molecule has 39 heavy (non-hydrogen) atoms. The highest BCUT2D eigenvalue weighted by atomic mass is 16.5. The Morgan fingerprint density at radius 2 is 1.72 bits per heavy atom. The fraction of sp³-hybridized carbons (Fsp3) is 0.267. The normalized spacial score (nSPS) is 12.1. The maximum Gasteiger partial charge on any atom is 0.253 e. The summed E-state index contributed by atoms with van der Waals surface area (Å²) in [5.41, 5.74) is 3.29. The van der Waals surface area contributed by atoms with Crippen molar-refractivity contribution in [2.75, 3.05) is 20.3 Å². The molecular formula is C30H32N6O3. The van der Waals surface area contributed by atoms with Crippen molar-refractivity contribution in [3.8, 4) is 11.5 Å². The van der Waals surface area contributed by atoms with Gasteiger partial charge in [0.25, 0.3) is 5.56 Å². The summed E-state index contributed by atoms with van der Waals surface area (Å²) in [6.07, 6.45) is 0. The predicted octanol–water partition coefficient (Wildman–Crippen LogP) is 4.58. The minimum atomic E-state index is -0.493. The van der Waals surface area contributed by atoms with Gasteiger partial charge in [-0.1, -0.05) is 49.4 Å². The van der Waals surface area contributed by atoms with Crippen molar-refractivity contribution < 1.29 is 9.47 Å².